The van der Waals surface area contributed by atoms with Gasteiger partial charge < -0.3 is 4.90 Å². The van der Waals surface area contributed by atoms with Crippen molar-refractivity contribution in [1.29, 1.82) is 5.26 Å². The molecule has 0 amide bonds. The fraction of sp³-hybridized carbons (Fsp3) is 0.900. The largest absolute Gasteiger partial charge is 0.306 e. The van der Waals surface area contributed by atoms with Crippen LogP contribution in [0, 0.1) is 17.2 Å². The molecular weight excluding hydrogens is 148 g/mol. The van der Waals surface area contributed by atoms with Gasteiger partial charge in [-0.1, -0.05) is 0 Å². The monoisotopic (exact) mass is 166 g/mol. The van der Waals surface area contributed by atoms with Crippen LogP contribution in [-0.4, -0.2) is 25.0 Å². The summed E-state index contributed by atoms with van der Waals surface area (Å²) in [5, 5.41) is 8.46. The third kappa shape index (κ3) is 3.23. The van der Waals surface area contributed by atoms with Crippen LogP contribution in [0.1, 0.15) is 32.1 Å². The fourth-order valence-electron chi connectivity index (χ4n) is 1.87. The average molecular weight is 166 g/mol. The van der Waals surface area contributed by atoms with Gasteiger partial charge in [-0.3, -0.25) is 0 Å². The van der Waals surface area contributed by atoms with E-state index in [1.165, 1.54) is 32.4 Å². The first-order valence-corrected chi connectivity index (χ1v) is 4.88. The molecule has 0 N–H and O–H groups in total. The third-order valence-corrected chi connectivity index (χ3v) is 2.74. The molecule has 1 heterocycles. The van der Waals surface area contributed by atoms with Crippen molar-refractivity contribution in [3.8, 4) is 6.07 Å². The van der Waals surface area contributed by atoms with Crippen molar-refractivity contribution in [2.75, 3.05) is 20.1 Å². The Morgan fingerprint density at radius 1 is 1.42 bits per heavy atom. The normalized spacial score (nSPS) is 26.2. The van der Waals surface area contributed by atoms with Crippen LogP contribution in [0.5, 0.6) is 0 Å². The summed E-state index contributed by atoms with van der Waals surface area (Å²) in [5.41, 5.74) is 0. The minimum Gasteiger partial charge on any atom is -0.306 e. The Bertz CT molecular complexity index is 160. The molecule has 1 saturated heterocycles. The molecule has 0 spiro atoms. The Morgan fingerprint density at radius 3 is 3.00 bits per heavy atom. The minimum absolute atomic E-state index is 0.744. The fourth-order valence-corrected chi connectivity index (χ4v) is 1.87. The summed E-state index contributed by atoms with van der Waals surface area (Å²) in [6.45, 7) is 2.46. The Hall–Kier alpha value is -0.550. The maximum absolute atomic E-state index is 8.46. The number of nitrogens with zero attached hydrogens (tertiary/aromatic N) is 2. The lowest BCUT2D eigenvalue weighted by atomic mass is 9.96. The molecule has 0 aromatic carbocycles. The molecule has 0 aliphatic carbocycles. The molecule has 2 nitrogen and oxygen atoms in total. The summed E-state index contributed by atoms with van der Waals surface area (Å²) in [5.74, 6) is 0.814. The number of hydrogen-bond acceptors (Lipinski definition) is 2. The van der Waals surface area contributed by atoms with E-state index in [2.05, 4.69) is 18.0 Å². The van der Waals surface area contributed by atoms with Crippen molar-refractivity contribution in [1.82, 2.24) is 4.90 Å². The Morgan fingerprint density at radius 2 is 2.25 bits per heavy atom. The molecule has 0 aromatic heterocycles. The van der Waals surface area contributed by atoms with Crippen LogP contribution in [0.25, 0.3) is 0 Å². The predicted octanol–water partition coefficient (Wildman–Crippen LogP) is 2.02. The van der Waals surface area contributed by atoms with Gasteiger partial charge in [-0.25, -0.2) is 0 Å². The van der Waals surface area contributed by atoms with Crippen molar-refractivity contribution in [2.24, 2.45) is 5.92 Å². The average Bonchev–Trinajstić information content (AvgIpc) is 2.27. The zero-order valence-electron chi connectivity index (χ0n) is 7.92. The maximum atomic E-state index is 8.46. The van der Waals surface area contributed by atoms with Gasteiger partial charge >= 0.3 is 0 Å². The lowest BCUT2D eigenvalue weighted by Gasteiger charge is -2.13. The van der Waals surface area contributed by atoms with Crippen molar-refractivity contribution in [3.05, 3.63) is 0 Å². The van der Waals surface area contributed by atoms with E-state index in [1.54, 1.807) is 0 Å². The highest BCUT2D eigenvalue weighted by Crippen LogP contribution is 2.20. The highest BCUT2D eigenvalue weighted by Gasteiger charge is 2.13. The Balaban J connectivity index is 2.22. The van der Waals surface area contributed by atoms with Crippen LogP contribution in [0.4, 0.5) is 0 Å². The van der Waals surface area contributed by atoms with Gasteiger partial charge in [-0.05, 0) is 51.7 Å². The first-order valence-electron chi connectivity index (χ1n) is 4.88. The molecule has 2 heteroatoms. The zero-order valence-corrected chi connectivity index (χ0v) is 7.92. The van der Waals surface area contributed by atoms with Crippen LogP contribution >= 0.6 is 0 Å². The van der Waals surface area contributed by atoms with Gasteiger partial charge in [0.05, 0.1) is 6.07 Å². The molecule has 0 saturated carbocycles. The van der Waals surface area contributed by atoms with E-state index >= 15 is 0 Å². The summed E-state index contributed by atoms with van der Waals surface area (Å²) in [4.78, 5) is 2.40. The molecule has 12 heavy (non-hydrogen) atoms. The molecule has 68 valence electrons. The van der Waals surface area contributed by atoms with E-state index < -0.39 is 0 Å². The molecular formula is C10H18N2. The maximum Gasteiger partial charge on any atom is 0.0621 e. The quantitative estimate of drug-likeness (QED) is 0.627. The highest BCUT2D eigenvalue weighted by molar-refractivity contribution is 4.74. The van der Waals surface area contributed by atoms with E-state index in [0.29, 0.717) is 0 Å². The highest BCUT2D eigenvalue weighted by atomic mass is 15.1. The standard InChI is InChI=1S/C10H18N2/c1-12-8-3-5-10(6-9-12)4-2-7-11/h10H,2-6,8-9H2,1H3. The van der Waals surface area contributed by atoms with Crippen molar-refractivity contribution in [2.45, 2.75) is 32.1 Å². The van der Waals surface area contributed by atoms with Crippen molar-refractivity contribution in [3.63, 3.8) is 0 Å². The zero-order chi connectivity index (χ0) is 8.81. The summed E-state index contributed by atoms with van der Waals surface area (Å²) in [6, 6.07) is 2.23. The van der Waals surface area contributed by atoms with Gasteiger partial charge in [-0.2, -0.15) is 5.26 Å². The topological polar surface area (TPSA) is 27.0 Å². The van der Waals surface area contributed by atoms with Gasteiger partial charge in [0.25, 0.3) is 0 Å². The van der Waals surface area contributed by atoms with Crippen molar-refractivity contribution >= 4 is 0 Å². The van der Waals surface area contributed by atoms with E-state index in [1.807, 2.05) is 0 Å². The molecule has 1 atom stereocenters. The van der Waals surface area contributed by atoms with Crippen LogP contribution in [0.15, 0.2) is 0 Å². The minimum atomic E-state index is 0.744. The van der Waals surface area contributed by atoms with Gasteiger partial charge in [-0.15, -0.1) is 0 Å². The lowest BCUT2D eigenvalue weighted by molar-refractivity contribution is 0.339. The molecule has 1 fully saturated rings. The van der Waals surface area contributed by atoms with Crippen molar-refractivity contribution < 1.29 is 0 Å². The molecule has 0 radical (unpaired) electrons. The van der Waals surface area contributed by atoms with E-state index in [-0.39, 0.29) is 0 Å². The molecule has 0 aromatic rings. The third-order valence-electron chi connectivity index (χ3n) is 2.74. The van der Waals surface area contributed by atoms with Gasteiger partial charge in [0.2, 0.25) is 0 Å². The predicted molar refractivity (Wildman–Crippen MR) is 49.7 cm³/mol. The van der Waals surface area contributed by atoms with Crippen LogP contribution in [-0.2, 0) is 0 Å². The Kier molecular flexibility index (Phi) is 4.10. The number of nitriles is 1. The summed E-state index contributed by atoms with van der Waals surface area (Å²) >= 11 is 0. The smallest absolute Gasteiger partial charge is 0.0621 e. The Labute approximate surface area is 75.2 Å². The number of rotatable bonds is 2. The molecule has 0 bridgehead atoms. The molecule has 1 aliphatic rings. The second kappa shape index (κ2) is 5.16. The van der Waals surface area contributed by atoms with Crippen LogP contribution < -0.4 is 0 Å². The SMILES string of the molecule is CN1CCCC(CCC#N)CC1. The van der Waals surface area contributed by atoms with Gasteiger partial charge in [0, 0.05) is 6.42 Å². The number of hydrogen-bond donors (Lipinski definition) is 0. The van der Waals surface area contributed by atoms with E-state index in [0.717, 1.165) is 18.8 Å². The first kappa shape index (κ1) is 9.54. The van der Waals surface area contributed by atoms with Gasteiger partial charge in [0.1, 0.15) is 0 Å². The second-order valence-corrected chi connectivity index (χ2v) is 3.80. The summed E-state index contributed by atoms with van der Waals surface area (Å²) < 4.78 is 0. The van der Waals surface area contributed by atoms with Crippen LogP contribution in [0.3, 0.4) is 0 Å². The summed E-state index contributed by atoms with van der Waals surface area (Å²) in [6.07, 6.45) is 5.79. The lowest BCUT2D eigenvalue weighted by Crippen LogP contribution is -2.18. The van der Waals surface area contributed by atoms with Gasteiger partial charge in [0.15, 0.2) is 0 Å². The van der Waals surface area contributed by atoms with E-state index in [4.69, 9.17) is 5.26 Å². The molecule has 1 unspecified atom stereocenters. The van der Waals surface area contributed by atoms with Crippen LogP contribution in [0.2, 0.25) is 0 Å². The molecule has 1 rings (SSSR count). The summed E-state index contributed by atoms with van der Waals surface area (Å²) in [7, 11) is 2.19. The first-order chi connectivity index (χ1) is 5.83. The number of likely N-dealkylation sites (tertiary alicyclic amines) is 1. The van der Waals surface area contributed by atoms with E-state index in [9.17, 15) is 0 Å². The second-order valence-electron chi connectivity index (χ2n) is 3.80. The molecule has 1 aliphatic heterocycles.